The molecule has 0 spiro atoms. The standard InChI is InChI=1S/C24H27NO6/c1-28-21-5-2-17(12-20(21)26)4-7-24(27)29-15-18-8-10-25(11-9-18)14-19-3-6-22-23(13-19)31-16-30-22/h2-7,12-13,18,26H,8-11,14-16H2,1H3/b7-4+. The number of carbonyl (C=O) groups excluding carboxylic acids is 1. The van der Waals surface area contributed by atoms with Gasteiger partial charge in [-0.2, -0.15) is 0 Å². The van der Waals surface area contributed by atoms with Crippen LogP contribution in [0.3, 0.4) is 0 Å². The predicted octanol–water partition coefficient (Wildman–Crippen LogP) is 3.60. The zero-order valence-corrected chi connectivity index (χ0v) is 17.6. The molecule has 0 atom stereocenters. The molecule has 31 heavy (non-hydrogen) atoms. The van der Waals surface area contributed by atoms with Crippen molar-refractivity contribution in [2.75, 3.05) is 33.6 Å². The summed E-state index contributed by atoms with van der Waals surface area (Å²) in [6.07, 6.45) is 4.99. The van der Waals surface area contributed by atoms with Crippen LogP contribution in [-0.4, -0.2) is 49.6 Å². The maximum absolute atomic E-state index is 12.0. The molecule has 0 bridgehead atoms. The van der Waals surface area contributed by atoms with Gasteiger partial charge in [-0.15, -0.1) is 0 Å². The Kier molecular flexibility index (Phi) is 6.62. The van der Waals surface area contributed by atoms with Crippen molar-refractivity contribution in [2.45, 2.75) is 19.4 Å². The van der Waals surface area contributed by atoms with Crippen molar-refractivity contribution in [3.8, 4) is 23.0 Å². The van der Waals surface area contributed by atoms with Crippen molar-refractivity contribution in [3.63, 3.8) is 0 Å². The summed E-state index contributed by atoms with van der Waals surface area (Å²) in [5.74, 6) is 2.04. The third kappa shape index (κ3) is 5.49. The first-order valence-corrected chi connectivity index (χ1v) is 10.4. The van der Waals surface area contributed by atoms with Gasteiger partial charge in [0, 0.05) is 12.6 Å². The number of phenolic OH excluding ortho intramolecular Hbond substituents is 1. The van der Waals surface area contributed by atoms with Gasteiger partial charge in [0.05, 0.1) is 13.7 Å². The van der Waals surface area contributed by atoms with E-state index in [0.717, 1.165) is 44.0 Å². The number of methoxy groups -OCH3 is 1. The first-order chi connectivity index (χ1) is 15.1. The van der Waals surface area contributed by atoms with E-state index < -0.39 is 0 Å². The molecule has 0 aliphatic carbocycles. The van der Waals surface area contributed by atoms with E-state index in [9.17, 15) is 9.90 Å². The highest BCUT2D eigenvalue weighted by Gasteiger charge is 2.21. The highest BCUT2D eigenvalue weighted by atomic mass is 16.7. The summed E-state index contributed by atoms with van der Waals surface area (Å²) in [6, 6.07) is 11.0. The third-order valence-corrected chi connectivity index (χ3v) is 5.63. The van der Waals surface area contributed by atoms with Gasteiger partial charge >= 0.3 is 5.97 Å². The number of piperidine rings is 1. The molecular formula is C24H27NO6. The van der Waals surface area contributed by atoms with E-state index >= 15 is 0 Å². The Morgan fingerprint density at radius 1 is 1.16 bits per heavy atom. The molecule has 1 N–H and O–H groups in total. The molecule has 2 aromatic carbocycles. The van der Waals surface area contributed by atoms with E-state index in [1.54, 1.807) is 24.3 Å². The molecule has 2 heterocycles. The Morgan fingerprint density at radius 3 is 2.74 bits per heavy atom. The van der Waals surface area contributed by atoms with Crippen molar-refractivity contribution in [2.24, 2.45) is 5.92 Å². The molecule has 7 nitrogen and oxygen atoms in total. The summed E-state index contributed by atoms with van der Waals surface area (Å²) < 4.78 is 21.2. The highest BCUT2D eigenvalue weighted by Crippen LogP contribution is 2.33. The van der Waals surface area contributed by atoms with Gasteiger partial charge in [-0.25, -0.2) is 4.79 Å². The van der Waals surface area contributed by atoms with Gasteiger partial charge in [0.25, 0.3) is 0 Å². The van der Waals surface area contributed by atoms with Crippen LogP contribution in [0.2, 0.25) is 0 Å². The molecule has 2 aliphatic rings. The van der Waals surface area contributed by atoms with E-state index in [1.807, 2.05) is 12.1 Å². The summed E-state index contributed by atoms with van der Waals surface area (Å²) in [7, 11) is 1.49. The number of carbonyl (C=O) groups is 1. The number of esters is 1. The number of likely N-dealkylation sites (tertiary alicyclic amines) is 1. The first kappa shape index (κ1) is 21.1. The molecule has 164 valence electrons. The van der Waals surface area contributed by atoms with E-state index in [2.05, 4.69) is 11.0 Å². The van der Waals surface area contributed by atoms with Gasteiger partial charge in [-0.3, -0.25) is 4.90 Å². The van der Waals surface area contributed by atoms with Crippen LogP contribution >= 0.6 is 0 Å². The van der Waals surface area contributed by atoms with E-state index in [1.165, 1.54) is 18.7 Å². The smallest absolute Gasteiger partial charge is 0.330 e. The number of aromatic hydroxyl groups is 1. The summed E-state index contributed by atoms with van der Waals surface area (Å²) in [5, 5.41) is 9.79. The Labute approximate surface area is 181 Å². The molecular weight excluding hydrogens is 398 g/mol. The minimum absolute atomic E-state index is 0.0329. The van der Waals surface area contributed by atoms with Crippen LogP contribution in [0.4, 0.5) is 0 Å². The lowest BCUT2D eigenvalue weighted by Crippen LogP contribution is -2.34. The number of benzene rings is 2. The first-order valence-electron chi connectivity index (χ1n) is 10.4. The van der Waals surface area contributed by atoms with Crippen molar-refractivity contribution < 1.29 is 28.8 Å². The Balaban J connectivity index is 1.18. The monoisotopic (exact) mass is 425 g/mol. The van der Waals surface area contributed by atoms with Crippen molar-refractivity contribution in [1.82, 2.24) is 4.90 Å². The number of rotatable bonds is 7. The molecule has 0 aromatic heterocycles. The zero-order chi connectivity index (χ0) is 21.6. The summed E-state index contributed by atoms with van der Waals surface area (Å²) in [6.45, 7) is 3.53. The second-order valence-corrected chi connectivity index (χ2v) is 7.80. The van der Waals surface area contributed by atoms with Crippen molar-refractivity contribution in [3.05, 3.63) is 53.6 Å². The number of hydrogen-bond acceptors (Lipinski definition) is 7. The molecule has 4 rings (SSSR count). The van der Waals surface area contributed by atoms with Gasteiger partial charge in [0.15, 0.2) is 23.0 Å². The molecule has 0 unspecified atom stereocenters. The maximum Gasteiger partial charge on any atom is 0.330 e. The summed E-state index contributed by atoms with van der Waals surface area (Å²) in [4.78, 5) is 14.4. The van der Waals surface area contributed by atoms with Crippen LogP contribution in [0, 0.1) is 5.92 Å². The Hall–Kier alpha value is -3.19. The minimum atomic E-state index is -0.377. The average Bonchev–Trinajstić information content (AvgIpc) is 3.25. The molecule has 0 amide bonds. The molecule has 1 saturated heterocycles. The Bertz CT molecular complexity index is 949. The Morgan fingerprint density at radius 2 is 1.97 bits per heavy atom. The lowest BCUT2D eigenvalue weighted by molar-refractivity contribution is -0.139. The quantitative estimate of drug-likeness (QED) is 0.536. The normalized spacial score (nSPS) is 16.5. The number of phenols is 1. The predicted molar refractivity (Wildman–Crippen MR) is 115 cm³/mol. The van der Waals surface area contributed by atoms with Gasteiger partial charge < -0.3 is 24.1 Å². The zero-order valence-electron chi connectivity index (χ0n) is 17.6. The van der Waals surface area contributed by atoms with Crippen molar-refractivity contribution >= 4 is 12.0 Å². The molecule has 1 fully saturated rings. The van der Waals surface area contributed by atoms with Crippen LogP contribution in [0.1, 0.15) is 24.0 Å². The highest BCUT2D eigenvalue weighted by molar-refractivity contribution is 5.87. The SMILES string of the molecule is COc1ccc(/C=C/C(=O)OCC2CCN(Cc3ccc4c(c3)OCO4)CC2)cc1O. The summed E-state index contributed by atoms with van der Waals surface area (Å²) >= 11 is 0. The molecule has 7 heteroatoms. The number of hydrogen-bond donors (Lipinski definition) is 1. The molecule has 0 radical (unpaired) electrons. The van der Waals surface area contributed by atoms with Gasteiger partial charge in [0.2, 0.25) is 6.79 Å². The fourth-order valence-electron chi connectivity index (χ4n) is 3.83. The second-order valence-electron chi connectivity index (χ2n) is 7.80. The van der Waals surface area contributed by atoms with Crippen LogP contribution in [-0.2, 0) is 16.1 Å². The number of fused-ring (bicyclic) bond motifs is 1. The lowest BCUT2D eigenvalue weighted by atomic mass is 9.97. The lowest BCUT2D eigenvalue weighted by Gasteiger charge is -2.31. The fourth-order valence-corrected chi connectivity index (χ4v) is 3.83. The van der Waals surface area contributed by atoms with Crippen LogP contribution in [0.5, 0.6) is 23.0 Å². The average molecular weight is 425 g/mol. The van der Waals surface area contributed by atoms with E-state index in [0.29, 0.717) is 30.6 Å². The number of ether oxygens (including phenoxy) is 4. The van der Waals surface area contributed by atoms with Crippen LogP contribution < -0.4 is 14.2 Å². The third-order valence-electron chi connectivity index (χ3n) is 5.63. The largest absolute Gasteiger partial charge is 0.504 e. The van der Waals surface area contributed by atoms with Gasteiger partial charge in [-0.05, 0) is 73.3 Å². The number of nitrogens with zero attached hydrogens (tertiary/aromatic N) is 1. The fraction of sp³-hybridized carbons (Fsp3) is 0.375. The maximum atomic E-state index is 12.0. The molecule has 2 aliphatic heterocycles. The van der Waals surface area contributed by atoms with Gasteiger partial charge in [-0.1, -0.05) is 12.1 Å². The molecule has 0 saturated carbocycles. The minimum Gasteiger partial charge on any atom is -0.504 e. The summed E-state index contributed by atoms with van der Waals surface area (Å²) in [5.41, 5.74) is 1.91. The van der Waals surface area contributed by atoms with Crippen molar-refractivity contribution in [1.29, 1.82) is 0 Å². The van der Waals surface area contributed by atoms with Gasteiger partial charge in [0.1, 0.15) is 0 Å². The van der Waals surface area contributed by atoms with Crippen LogP contribution in [0.15, 0.2) is 42.5 Å². The van der Waals surface area contributed by atoms with Crippen LogP contribution in [0.25, 0.3) is 6.08 Å². The van der Waals surface area contributed by atoms with E-state index in [-0.39, 0.29) is 11.7 Å². The van der Waals surface area contributed by atoms with E-state index in [4.69, 9.17) is 18.9 Å². The topological polar surface area (TPSA) is 77.5 Å². The molecule has 2 aromatic rings. The second kappa shape index (κ2) is 9.75.